The zero-order chi connectivity index (χ0) is 15.6. The van der Waals surface area contributed by atoms with Gasteiger partial charge in [0.15, 0.2) is 0 Å². The number of aromatic nitrogens is 1. The summed E-state index contributed by atoms with van der Waals surface area (Å²) in [5.74, 6) is -1.24. The minimum Gasteiger partial charge on any atom is -0.477 e. The van der Waals surface area contributed by atoms with Crippen LogP contribution in [-0.2, 0) is 16.6 Å². The van der Waals surface area contributed by atoms with E-state index in [0.29, 0.717) is 11.3 Å². The Morgan fingerprint density at radius 2 is 2.14 bits per heavy atom. The number of hydrogen-bond donors (Lipinski definition) is 1. The van der Waals surface area contributed by atoms with Crippen LogP contribution in [0.25, 0.3) is 0 Å². The topological polar surface area (TPSA) is 87.6 Å². The molecule has 21 heavy (non-hydrogen) atoms. The maximum Gasteiger partial charge on any atom is 0.347 e. The van der Waals surface area contributed by atoms with Gasteiger partial charge in [-0.15, -0.1) is 11.3 Å². The molecule has 0 radical (unpaired) electrons. The first-order valence-corrected chi connectivity index (χ1v) is 8.33. The molecule has 2 aromatic rings. The van der Waals surface area contributed by atoms with Crippen LogP contribution in [0, 0.1) is 6.92 Å². The van der Waals surface area contributed by atoms with Gasteiger partial charge in [-0.2, -0.15) is 4.31 Å². The summed E-state index contributed by atoms with van der Waals surface area (Å²) in [4.78, 5) is 14.9. The third-order valence-corrected chi connectivity index (χ3v) is 6.10. The predicted octanol–water partition coefficient (Wildman–Crippen LogP) is 1.97. The van der Waals surface area contributed by atoms with Crippen LogP contribution >= 0.6 is 11.3 Å². The Balaban J connectivity index is 2.38. The van der Waals surface area contributed by atoms with Crippen molar-refractivity contribution < 1.29 is 18.3 Å². The zero-order valence-electron chi connectivity index (χ0n) is 11.5. The van der Waals surface area contributed by atoms with Gasteiger partial charge in [-0.3, -0.25) is 4.98 Å². The molecule has 6 nitrogen and oxygen atoms in total. The van der Waals surface area contributed by atoms with Gasteiger partial charge in [-0.25, -0.2) is 13.2 Å². The molecule has 0 bridgehead atoms. The third kappa shape index (κ3) is 3.12. The van der Waals surface area contributed by atoms with E-state index in [4.69, 9.17) is 5.11 Å². The van der Waals surface area contributed by atoms with E-state index in [9.17, 15) is 13.2 Å². The van der Waals surface area contributed by atoms with E-state index in [0.717, 1.165) is 15.6 Å². The number of nitrogens with zero attached hydrogens (tertiary/aromatic N) is 2. The molecule has 0 saturated carbocycles. The monoisotopic (exact) mass is 326 g/mol. The molecular formula is C13H14N2O4S2. The van der Waals surface area contributed by atoms with Crippen LogP contribution in [0.4, 0.5) is 0 Å². The molecule has 0 unspecified atom stereocenters. The second-order valence-corrected chi connectivity index (χ2v) is 7.33. The quantitative estimate of drug-likeness (QED) is 0.907. The Bertz CT molecular complexity index is 754. The second kappa shape index (κ2) is 5.92. The lowest BCUT2D eigenvalue weighted by atomic mass is 10.3. The van der Waals surface area contributed by atoms with E-state index in [1.54, 1.807) is 31.3 Å². The Hall–Kier alpha value is -1.77. The molecule has 0 amide bonds. The molecular weight excluding hydrogens is 312 g/mol. The first kappa shape index (κ1) is 15.6. The summed E-state index contributed by atoms with van der Waals surface area (Å²) < 4.78 is 26.3. The van der Waals surface area contributed by atoms with Crippen molar-refractivity contribution in [3.63, 3.8) is 0 Å². The number of aromatic carboxylic acids is 1. The normalized spacial score (nSPS) is 11.8. The smallest absolute Gasteiger partial charge is 0.347 e. The summed E-state index contributed by atoms with van der Waals surface area (Å²) in [6.07, 6.45) is 1.58. The molecule has 8 heteroatoms. The van der Waals surface area contributed by atoms with Crippen LogP contribution in [-0.4, -0.2) is 35.8 Å². The van der Waals surface area contributed by atoms with Gasteiger partial charge in [0.2, 0.25) is 10.0 Å². The molecule has 0 aliphatic heterocycles. The molecule has 0 fully saturated rings. The number of carboxylic acid groups (broad SMARTS) is 1. The number of sulfonamides is 1. The third-order valence-electron chi connectivity index (χ3n) is 2.89. The molecule has 0 aliphatic rings. The van der Waals surface area contributed by atoms with Crippen molar-refractivity contribution in [3.05, 3.63) is 45.9 Å². The molecule has 0 spiro atoms. The largest absolute Gasteiger partial charge is 0.477 e. The van der Waals surface area contributed by atoms with Crippen molar-refractivity contribution in [1.82, 2.24) is 9.29 Å². The van der Waals surface area contributed by atoms with Gasteiger partial charge in [0.1, 0.15) is 9.77 Å². The molecule has 2 rings (SSSR count). The highest BCUT2D eigenvalue weighted by molar-refractivity contribution is 7.89. The highest BCUT2D eigenvalue weighted by Gasteiger charge is 2.30. The predicted molar refractivity (Wildman–Crippen MR) is 78.9 cm³/mol. The fraction of sp³-hybridized carbons (Fsp3) is 0.231. The molecule has 0 saturated heterocycles. The average molecular weight is 326 g/mol. The Morgan fingerprint density at radius 1 is 1.43 bits per heavy atom. The van der Waals surface area contributed by atoms with E-state index < -0.39 is 16.0 Å². The number of aryl methyl sites for hydroxylation is 1. The summed E-state index contributed by atoms with van der Waals surface area (Å²) >= 11 is 0.914. The molecule has 2 aromatic heterocycles. The zero-order valence-corrected chi connectivity index (χ0v) is 13.1. The summed E-state index contributed by atoms with van der Waals surface area (Å²) in [6.45, 7) is 1.67. The molecule has 112 valence electrons. The van der Waals surface area contributed by atoms with Gasteiger partial charge in [-0.1, -0.05) is 6.07 Å². The highest BCUT2D eigenvalue weighted by Crippen LogP contribution is 2.29. The minimum absolute atomic E-state index is 0.0809. The number of carbonyl (C=O) groups is 1. The van der Waals surface area contributed by atoms with E-state index in [2.05, 4.69) is 4.98 Å². The van der Waals surface area contributed by atoms with Crippen molar-refractivity contribution >= 4 is 27.3 Å². The van der Waals surface area contributed by atoms with Crippen molar-refractivity contribution in [2.75, 3.05) is 7.05 Å². The Labute approximate surface area is 126 Å². The molecule has 2 heterocycles. The van der Waals surface area contributed by atoms with Crippen LogP contribution in [0.15, 0.2) is 34.7 Å². The van der Waals surface area contributed by atoms with Crippen molar-refractivity contribution in [3.8, 4) is 0 Å². The maximum atomic E-state index is 12.6. The lowest BCUT2D eigenvalue weighted by Gasteiger charge is -2.17. The van der Waals surface area contributed by atoms with E-state index in [1.165, 1.54) is 12.4 Å². The van der Waals surface area contributed by atoms with Gasteiger partial charge in [0.05, 0.1) is 12.2 Å². The average Bonchev–Trinajstić information content (AvgIpc) is 2.82. The van der Waals surface area contributed by atoms with E-state index in [1.807, 2.05) is 0 Å². The van der Waals surface area contributed by atoms with Crippen molar-refractivity contribution in [1.29, 1.82) is 0 Å². The second-order valence-electron chi connectivity index (χ2n) is 4.46. The first-order chi connectivity index (χ1) is 9.84. The van der Waals surface area contributed by atoms with E-state index in [-0.39, 0.29) is 16.3 Å². The standard InChI is InChI=1S/C13H14N2O4S2/c1-9-8-20-11(13(16)17)12(9)21(18,19)15(2)7-10-5-3-4-6-14-10/h3-6,8H,7H2,1-2H3,(H,16,17). The van der Waals surface area contributed by atoms with Crippen LogP contribution in [0.1, 0.15) is 20.9 Å². The lowest BCUT2D eigenvalue weighted by molar-refractivity contribution is 0.0698. The summed E-state index contributed by atoms with van der Waals surface area (Å²) in [7, 11) is -2.47. The van der Waals surface area contributed by atoms with Gasteiger partial charge >= 0.3 is 5.97 Å². The van der Waals surface area contributed by atoms with Crippen LogP contribution in [0.2, 0.25) is 0 Å². The number of carboxylic acids is 1. The highest BCUT2D eigenvalue weighted by atomic mass is 32.2. The SMILES string of the molecule is Cc1csc(C(=O)O)c1S(=O)(=O)N(C)Cc1ccccn1. The minimum atomic E-state index is -3.88. The first-order valence-electron chi connectivity index (χ1n) is 6.01. The van der Waals surface area contributed by atoms with Gasteiger partial charge in [0, 0.05) is 13.2 Å². The Kier molecular flexibility index (Phi) is 4.40. The Morgan fingerprint density at radius 3 is 2.71 bits per heavy atom. The summed E-state index contributed by atoms with van der Waals surface area (Å²) in [5.41, 5.74) is 1.03. The van der Waals surface area contributed by atoms with Crippen LogP contribution in [0.5, 0.6) is 0 Å². The molecule has 0 atom stereocenters. The number of rotatable bonds is 5. The number of hydrogen-bond acceptors (Lipinski definition) is 5. The number of pyridine rings is 1. The van der Waals surface area contributed by atoms with Gasteiger partial charge in [0.25, 0.3) is 0 Å². The lowest BCUT2D eigenvalue weighted by Crippen LogP contribution is -2.28. The molecule has 0 aliphatic carbocycles. The van der Waals surface area contributed by atoms with Gasteiger partial charge in [-0.05, 0) is 30.0 Å². The fourth-order valence-corrected chi connectivity index (χ4v) is 4.58. The maximum absolute atomic E-state index is 12.6. The molecule has 1 N–H and O–H groups in total. The van der Waals surface area contributed by atoms with Crippen LogP contribution in [0.3, 0.4) is 0 Å². The van der Waals surface area contributed by atoms with Crippen molar-refractivity contribution in [2.24, 2.45) is 0 Å². The van der Waals surface area contributed by atoms with E-state index >= 15 is 0 Å². The van der Waals surface area contributed by atoms with Crippen LogP contribution < -0.4 is 0 Å². The summed E-state index contributed by atoms with van der Waals surface area (Å²) in [6, 6.07) is 5.22. The molecule has 0 aromatic carbocycles. The number of thiophene rings is 1. The fourth-order valence-electron chi connectivity index (χ4n) is 1.86. The van der Waals surface area contributed by atoms with Gasteiger partial charge < -0.3 is 5.11 Å². The van der Waals surface area contributed by atoms with Crippen molar-refractivity contribution in [2.45, 2.75) is 18.4 Å². The summed E-state index contributed by atoms with van der Waals surface area (Å²) in [5, 5.41) is 10.7.